The van der Waals surface area contributed by atoms with E-state index in [2.05, 4.69) is 16.9 Å². The Labute approximate surface area is 99.6 Å². The molecule has 3 nitrogen and oxygen atoms in total. The molecule has 0 spiro atoms. The molecule has 1 N–H and O–H groups in total. The Morgan fingerprint density at radius 3 is 3.12 bits per heavy atom. The predicted molar refractivity (Wildman–Crippen MR) is 66.4 cm³/mol. The van der Waals surface area contributed by atoms with E-state index in [1.807, 2.05) is 16.8 Å². The molecular weight excluding hydrogens is 217 g/mol. The van der Waals surface area contributed by atoms with E-state index < -0.39 is 0 Å². The van der Waals surface area contributed by atoms with Crippen LogP contribution in [0.4, 0.5) is 10.3 Å². The van der Waals surface area contributed by atoms with E-state index in [9.17, 15) is 4.39 Å². The molecule has 0 amide bonds. The highest BCUT2D eigenvalue weighted by Crippen LogP contribution is 2.10. The number of aromatic nitrogens is 2. The zero-order valence-electron chi connectivity index (χ0n) is 9.44. The molecule has 0 aliphatic rings. The summed E-state index contributed by atoms with van der Waals surface area (Å²) in [5, 5.41) is 3.12. The van der Waals surface area contributed by atoms with Gasteiger partial charge in [-0.25, -0.2) is 9.37 Å². The fourth-order valence-electron chi connectivity index (χ4n) is 1.60. The van der Waals surface area contributed by atoms with Crippen molar-refractivity contribution in [2.45, 2.75) is 6.54 Å². The molecule has 4 heteroatoms. The fraction of sp³-hybridized carbons (Fsp3) is 0.154. The van der Waals surface area contributed by atoms with Crippen LogP contribution in [0, 0.1) is 5.82 Å². The number of rotatable bonds is 5. The smallest absolute Gasteiger partial charge is 0.203 e. The second-order valence-electron chi connectivity index (χ2n) is 3.68. The highest BCUT2D eigenvalue weighted by molar-refractivity contribution is 5.29. The third-order valence-electron chi connectivity index (χ3n) is 2.36. The summed E-state index contributed by atoms with van der Waals surface area (Å²) >= 11 is 0. The van der Waals surface area contributed by atoms with Gasteiger partial charge < -0.3 is 9.88 Å². The minimum absolute atomic E-state index is 0.219. The molecular formula is C13H14FN3. The highest BCUT2D eigenvalue weighted by atomic mass is 19.1. The van der Waals surface area contributed by atoms with E-state index in [0.29, 0.717) is 13.1 Å². The maximum atomic E-state index is 13.0. The van der Waals surface area contributed by atoms with E-state index >= 15 is 0 Å². The maximum absolute atomic E-state index is 13.0. The average Bonchev–Trinajstić information content (AvgIpc) is 2.74. The monoisotopic (exact) mass is 231 g/mol. The summed E-state index contributed by atoms with van der Waals surface area (Å²) in [6, 6.07) is 6.56. The molecule has 0 saturated carbocycles. The first-order chi connectivity index (χ1) is 8.29. The van der Waals surface area contributed by atoms with Crippen molar-refractivity contribution in [3.63, 3.8) is 0 Å². The molecule has 0 saturated heterocycles. The van der Waals surface area contributed by atoms with E-state index in [0.717, 1.165) is 11.5 Å². The molecule has 88 valence electrons. The van der Waals surface area contributed by atoms with Crippen LogP contribution >= 0.6 is 0 Å². The first kappa shape index (κ1) is 11.4. The Hall–Kier alpha value is -2.10. The third kappa shape index (κ3) is 2.93. The summed E-state index contributed by atoms with van der Waals surface area (Å²) < 4.78 is 15.0. The normalized spacial score (nSPS) is 10.2. The lowest BCUT2D eigenvalue weighted by Gasteiger charge is -2.08. The lowest BCUT2D eigenvalue weighted by Crippen LogP contribution is -2.07. The fourth-order valence-corrected chi connectivity index (χ4v) is 1.60. The molecule has 1 aromatic carbocycles. The van der Waals surface area contributed by atoms with Crippen LogP contribution in [0.5, 0.6) is 0 Å². The van der Waals surface area contributed by atoms with Gasteiger partial charge in [-0.2, -0.15) is 0 Å². The second-order valence-corrected chi connectivity index (χ2v) is 3.68. The minimum atomic E-state index is -0.219. The molecule has 2 rings (SSSR count). The Kier molecular flexibility index (Phi) is 3.55. The van der Waals surface area contributed by atoms with Gasteiger partial charge in [-0.15, -0.1) is 6.58 Å². The highest BCUT2D eigenvalue weighted by Gasteiger charge is 2.02. The molecule has 0 fully saturated rings. The third-order valence-corrected chi connectivity index (χ3v) is 2.36. The summed E-state index contributed by atoms with van der Waals surface area (Å²) in [6.45, 7) is 4.88. The van der Waals surface area contributed by atoms with Gasteiger partial charge in [0.1, 0.15) is 5.82 Å². The van der Waals surface area contributed by atoms with E-state index in [4.69, 9.17) is 0 Å². The largest absolute Gasteiger partial charge is 0.352 e. The maximum Gasteiger partial charge on any atom is 0.203 e. The van der Waals surface area contributed by atoms with E-state index in [-0.39, 0.29) is 5.82 Å². The van der Waals surface area contributed by atoms with Gasteiger partial charge >= 0.3 is 0 Å². The molecule has 17 heavy (non-hydrogen) atoms. The molecule has 0 aliphatic heterocycles. The van der Waals surface area contributed by atoms with Crippen LogP contribution in [-0.4, -0.2) is 16.1 Å². The zero-order chi connectivity index (χ0) is 12.1. The number of halogens is 1. The summed E-state index contributed by atoms with van der Waals surface area (Å²) in [6.07, 6.45) is 5.34. The van der Waals surface area contributed by atoms with Gasteiger partial charge in [-0.3, -0.25) is 0 Å². The van der Waals surface area contributed by atoms with E-state index in [1.165, 1.54) is 12.1 Å². The number of hydrogen-bond donors (Lipinski definition) is 1. The number of hydrogen-bond acceptors (Lipinski definition) is 2. The lowest BCUT2D eigenvalue weighted by atomic mass is 10.2. The Morgan fingerprint density at radius 2 is 2.35 bits per heavy atom. The van der Waals surface area contributed by atoms with Crippen LogP contribution < -0.4 is 5.32 Å². The summed E-state index contributed by atoms with van der Waals surface area (Å²) in [7, 11) is 0. The first-order valence-corrected chi connectivity index (χ1v) is 5.40. The molecule has 1 heterocycles. The molecule has 1 aromatic heterocycles. The Morgan fingerprint density at radius 1 is 1.47 bits per heavy atom. The standard InChI is InChI=1S/C13H14FN3/c1-2-6-15-13-16-7-8-17(13)10-11-4-3-5-12(14)9-11/h2-5,7-9H,1,6,10H2,(H,15,16). The topological polar surface area (TPSA) is 29.9 Å². The van der Waals surface area contributed by atoms with E-state index in [1.54, 1.807) is 18.3 Å². The van der Waals surface area contributed by atoms with Crippen LogP contribution in [0.2, 0.25) is 0 Å². The van der Waals surface area contributed by atoms with Crippen molar-refractivity contribution in [1.82, 2.24) is 9.55 Å². The molecule has 0 atom stereocenters. The summed E-state index contributed by atoms with van der Waals surface area (Å²) in [5.74, 6) is 0.539. The number of nitrogens with zero attached hydrogens (tertiary/aromatic N) is 2. The Balaban J connectivity index is 2.13. The predicted octanol–water partition coefficient (Wildman–Crippen LogP) is 2.67. The zero-order valence-corrected chi connectivity index (χ0v) is 9.44. The van der Waals surface area contributed by atoms with Crippen molar-refractivity contribution in [2.75, 3.05) is 11.9 Å². The summed E-state index contributed by atoms with van der Waals surface area (Å²) in [4.78, 5) is 4.18. The van der Waals surface area contributed by atoms with Crippen LogP contribution in [0.25, 0.3) is 0 Å². The Bertz CT molecular complexity index is 505. The molecule has 2 aromatic rings. The molecule has 0 bridgehead atoms. The molecule has 0 unspecified atom stereocenters. The quantitative estimate of drug-likeness (QED) is 0.802. The van der Waals surface area contributed by atoms with Crippen molar-refractivity contribution in [1.29, 1.82) is 0 Å². The van der Waals surface area contributed by atoms with Crippen LogP contribution in [-0.2, 0) is 6.54 Å². The SMILES string of the molecule is C=CCNc1nccn1Cc1cccc(F)c1. The molecule has 0 aliphatic carbocycles. The average molecular weight is 231 g/mol. The first-order valence-electron chi connectivity index (χ1n) is 5.40. The van der Waals surface area contributed by atoms with Gasteiger partial charge in [-0.1, -0.05) is 18.2 Å². The van der Waals surface area contributed by atoms with Crippen LogP contribution in [0.1, 0.15) is 5.56 Å². The van der Waals surface area contributed by atoms with Crippen molar-refractivity contribution in [3.8, 4) is 0 Å². The van der Waals surface area contributed by atoms with Crippen molar-refractivity contribution in [2.24, 2.45) is 0 Å². The van der Waals surface area contributed by atoms with Gasteiger partial charge in [-0.05, 0) is 17.7 Å². The molecule has 0 radical (unpaired) electrons. The van der Waals surface area contributed by atoms with Crippen LogP contribution in [0.3, 0.4) is 0 Å². The van der Waals surface area contributed by atoms with Crippen LogP contribution in [0.15, 0.2) is 49.3 Å². The van der Waals surface area contributed by atoms with Gasteiger partial charge in [0.15, 0.2) is 0 Å². The van der Waals surface area contributed by atoms with Gasteiger partial charge in [0.05, 0.1) is 6.54 Å². The van der Waals surface area contributed by atoms with Crippen molar-refractivity contribution >= 4 is 5.95 Å². The van der Waals surface area contributed by atoms with Gasteiger partial charge in [0.25, 0.3) is 0 Å². The second kappa shape index (κ2) is 5.30. The number of nitrogens with one attached hydrogen (secondary N) is 1. The van der Waals surface area contributed by atoms with Gasteiger partial charge in [0.2, 0.25) is 5.95 Å². The minimum Gasteiger partial charge on any atom is -0.352 e. The number of anilines is 1. The number of imidazole rings is 1. The van der Waals surface area contributed by atoms with Crippen molar-refractivity contribution in [3.05, 3.63) is 60.7 Å². The lowest BCUT2D eigenvalue weighted by molar-refractivity contribution is 0.623. The van der Waals surface area contributed by atoms with Gasteiger partial charge in [0, 0.05) is 18.9 Å². The van der Waals surface area contributed by atoms with Crippen molar-refractivity contribution < 1.29 is 4.39 Å². The number of benzene rings is 1. The summed E-state index contributed by atoms with van der Waals surface area (Å²) in [5.41, 5.74) is 0.907.